The molecule has 0 aromatic carbocycles. The third kappa shape index (κ3) is 4.05. The number of nitrogens with zero attached hydrogens (tertiary/aromatic N) is 1. The Balaban J connectivity index is 2.69. The van der Waals surface area contributed by atoms with Crippen molar-refractivity contribution in [2.24, 2.45) is 5.92 Å². The number of hydrogen-bond donors (Lipinski definition) is 0. The highest BCUT2D eigenvalue weighted by molar-refractivity contribution is 5.75. The zero-order valence-corrected chi connectivity index (χ0v) is 11.5. The minimum absolute atomic E-state index is 0.315. The molecule has 1 fully saturated rings. The van der Waals surface area contributed by atoms with Gasteiger partial charge in [-0.2, -0.15) is 0 Å². The topological polar surface area (TPSA) is 55.8 Å². The van der Waals surface area contributed by atoms with Crippen molar-refractivity contribution in [1.82, 2.24) is 4.90 Å². The minimum atomic E-state index is -0.545. The smallest absolute Gasteiger partial charge is 0.410 e. The Hall–Kier alpha value is -1.52. The van der Waals surface area contributed by atoms with E-state index in [1.165, 1.54) is 12.0 Å². The summed E-state index contributed by atoms with van der Waals surface area (Å²) in [6, 6.07) is 0. The van der Waals surface area contributed by atoms with Gasteiger partial charge in [-0.15, -0.1) is 0 Å². The van der Waals surface area contributed by atoms with Crippen molar-refractivity contribution in [3.8, 4) is 0 Å². The Morgan fingerprint density at radius 2 is 2.00 bits per heavy atom. The molecule has 1 rings (SSSR count). The monoisotopic (exact) mass is 255 g/mol. The fraction of sp³-hybridized carbons (Fsp3) is 0.692. The summed E-state index contributed by atoms with van der Waals surface area (Å²) in [6.45, 7) is 10.0. The van der Waals surface area contributed by atoms with Gasteiger partial charge in [-0.25, -0.2) is 4.79 Å². The Labute approximate surface area is 108 Å². The zero-order valence-electron chi connectivity index (χ0n) is 11.5. The Morgan fingerprint density at radius 3 is 2.50 bits per heavy atom. The van der Waals surface area contributed by atoms with Gasteiger partial charge in [0, 0.05) is 13.1 Å². The molecule has 0 aliphatic carbocycles. The van der Waals surface area contributed by atoms with E-state index in [1.54, 1.807) is 0 Å². The summed E-state index contributed by atoms with van der Waals surface area (Å²) < 4.78 is 9.99. The first-order chi connectivity index (χ1) is 8.23. The predicted octanol–water partition coefficient (Wildman–Crippen LogP) is 1.97. The van der Waals surface area contributed by atoms with Crippen molar-refractivity contribution >= 4 is 12.1 Å². The van der Waals surface area contributed by atoms with Crippen molar-refractivity contribution in [3.05, 3.63) is 12.2 Å². The van der Waals surface area contributed by atoms with Gasteiger partial charge in [0.15, 0.2) is 0 Å². The molecule has 0 saturated carbocycles. The number of piperidine rings is 1. The Morgan fingerprint density at radius 1 is 1.39 bits per heavy atom. The highest BCUT2D eigenvalue weighted by atomic mass is 16.6. The van der Waals surface area contributed by atoms with Crippen LogP contribution in [0.1, 0.15) is 27.2 Å². The van der Waals surface area contributed by atoms with Crippen LogP contribution in [0, 0.1) is 5.92 Å². The first-order valence-electron chi connectivity index (χ1n) is 5.95. The van der Waals surface area contributed by atoms with E-state index in [0.29, 0.717) is 19.5 Å². The third-order valence-electron chi connectivity index (χ3n) is 2.58. The van der Waals surface area contributed by atoms with E-state index in [2.05, 4.69) is 6.58 Å². The largest absolute Gasteiger partial charge is 0.469 e. The highest BCUT2D eigenvalue weighted by Crippen LogP contribution is 2.22. The molecule has 0 N–H and O–H groups in total. The van der Waals surface area contributed by atoms with Crippen LogP contribution in [0.4, 0.5) is 4.79 Å². The second kappa shape index (κ2) is 5.42. The molecule has 102 valence electrons. The molecule has 1 aliphatic heterocycles. The summed E-state index contributed by atoms with van der Waals surface area (Å²) in [5.41, 5.74) is 0.291. The van der Waals surface area contributed by atoms with Gasteiger partial charge in [0.2, 0.25) is 0 Å². The molecule has 1 aliphatic rings. The predicted molar refractivity (Wildman–Crippen MR) is 67.1 cm³/mol. The van der Waals surface area contributed by atoms with Gasteiger partial charge < -0.3 is 14.4 Å². The SMILES string of the molecule is C=C1CC(C(=O)OC)CN(C(=O)OC(C)(C)C)C1. The number of esters is 1. The van der Waals surface area contributed by atoms with Crippen LogP contribution in [0.3, 0.4) is 0 Å². The van der Waals surface area contributed by atoms with Crippen molar-refractivity contribution < 1.29 is 19.1 Å². The summed E-state index contributed by atoms with van der Waals surface area (Å²) in [5, 5.41) is 0. The van der Waals surface area contributed by atoms with E-state index >= 15 is 0 Å². The molecule has 1 saturated heterocycles. The van der Waals surface area contributed by atoms with E-state index in [1.807, 2.05) is 20.8 Å². The Bertz CT molecular complexity index is 356. The molecular weight excluding hydrogens is 234 g/mol. The number of likely N-dealkylation sites (tertiary alicyclic amines) is 1. The zero-order chi connectivity index (χ0) is 13.9. The second-order valence-electron chi connectivity index (χ2n) is 5.54. The molecular formula is C13H21NO4. The molecule has 0 bridgehead atoms. The summed E-state index contributed by atoms with van der Waals surface area (Å²) in [7, 11) is 1.34. The summed E-state index contributed by atoms with van der Waals surface area (Å²) in [4.78, 5) is 24.9. The summed E-state index contributed by atoms with van der Waals surface area (Å²) in [5.74, 6) is -0.659. The molecule has 5 heteroatoms. The van der Waals surface area contributed by atoms with Crippen LogP contribution in [-0.2, 0) is 14.3 Å². The van der Waals surface area contributed by atoms with E-state index in [4.69, 9.17) is 9.47 Å². The fourth-order valence-electron chi connectivity index (χ4n) is 1.87. The first kappa shape index (κ1) is 14.5. The lowest BCUT2D eigenvalue weighted by atomic mass is 9.95. The molecule has 5 nitrogen and oxygen atoms in total. The van der Waals surface area contributed by atoms with Gasteiger partial charge in [0.25, 0.3) is 0 Å². The van der Waals surface area contributed by atoms with Gasteiger partial charge >= 0.3 is 12.1 Å². The van der Waals surface area contributed by atoms with Crippen molar-refractivity contribution in [1.29, 1.82) is 0 Å². The lowest BCUT2D eigenvalue weighted by Crippen LogP contribution is -2.45. The van der Waals surface area contributed by atoms with Crippen molar-refractivity contribution in [3.63, 3.8) is 0 Å². The van der Waals surface area contributed by atoms with Crippen molar-refractivity contribution in [2.45, 2.75) is 32.8 Å². The number of carbonyl (C=O) groups excluding carboxylic acids is 2. The van der Waals surface area contributed by atoms with Crippen LogP contribution in [-0.4, -0.2) is 42.8 Å². The number of rotatable bonds is 1. The Kier molecular flexibility index (Phi) is 4.38. The lowest BCUT2D eigenvalue weighted by Gasteiger charge is -2.34. The van der Waals surface area contributed by atoms with Crippen LogP contribution in [0.2, 0.25) is 0 Å². The normalized spacial score (nSPS) is 20.6. The molecule has 1 unspecified atom stereocenters. The van der Waals surface area contributed by atoms with Crippen LogP contribution in [0.25, 0.3) is 0 Å². The number of carbonyl (C=O) groups is 2. The number of amides is 1. The fourth-order valence-corrected chi connectivity index (χ4v) is 1.87. The summed E-state index contributed by atoms with van der Waals surface area (Å²) in [6.07, 6.45) is 0.142. The highest BCUT2D eigenvalue weighted by Gasteiger charge is 2.32. The van der Waals surface area contributed by atoms with Gasteiger partial charge in [-0.05, 0) is 27.2 Å². The standard InChI is InChI=1S/C13H21NO4/c1-9-6-10(11(15)17-5)8-14(7-9)12(16)18-13(2,3)4/h10H,1,6-8H2,2-5H3. The van der Waals surface area contributed by atoms with Crippen LogP contribution in [0.5, 0.6) is 0 Å². The molecule has 1 atom stereocenters. The lowest BCUT2D eigenvalue weighted by molar-refractivity contribution is -0.146. The average molecular weight is 255 g/mol. The van der Waals surface area contributed by atoms with E-state index < -0.39 is 11.7 Å². The van der Waals surface area contributed by atoms with Crippen LogP contribution < -0.4 is 0 Å². The quantitative estimate of drug-likeness (QED) is 0.531. The number of methoxy groups -OCH3 is 1. The maximum absolute atomic E-state index is 11.9. The summed E-state index contributed by atoms with van der Waals surface area (Å²) >= 11 is 0. The third-order valence-corrected chi connectivity index (χ3v) is 2.58. The number of hydrogen-bond acceptors (Lipinski definition) is 4. The molecule has 0 radical (unpaired) electrons. The van der Waals surface area contributed by atoms with Gasteiger partial charge in [-0.1, -0.05) is 12.2 Å². The molecule has 0 aromatic rings. The molecule has 0 spiro atoms. The second-order valence-corrected chi connectivity index (χ2v) is 5.54. The molecule has 1 heterocycles. The van der Waals surface area contributed by atoms with E-state index in [0.717, 1.165) is 5.57 Å². The maximum atomic E-state index is 11.9. The van der Waals surface area contributed by atoms with Gasteiger partial charge in [-0.3, -0.25) is 4.79 Å². The van der Waals surface area contributed by atoms with Crippen LogP contribution in [0.15, 0.2) is 12.2 Å². The van der Waals surface area contributed by atoms with Gasteiger partial charge in [0.05, 0.1) is 13.0 Å². The van der Waals surface area contributed by atoms with Crippen LogP contribution >= 0.6 is 0 Å². The first-order valence-corrected chi connectivity index (χ1v) is 5.95. The minimum Gasteiger partial charge on any atom is -0.469 e. The molecule has 1 amide bonds. The maximum Gasteiger partial charge on any atom is 0.410 e. The van der Waals surface area contributed by atoms with E-state index in [-0.39, 0.29) is 11.9 Å². The van der Waals surface area contributed by atoms with E-state index in [9.17, 15) is 9.59 Å². The molecule has 18 heavy (non-hydrogen) atoms. The molecule has 0 aromatic heterocycles. The average Bonchev–Trinajstić information content (AvgIpc) is 2.24. The van der Waals surface area contributed by atoms with Crippen molar-refractivity contribution in [2.75, 3.05) is 20.2 Å². The van der Waals surface area contributed by atoms with Gasteiger partial charge in [0.1, 0.15) is 5.60 Å². The number of ether oxygens (including phenoxy) is 2.